The van der Waals surface area contributed by atoms with Crippen molar-refractivity contribution in [2.75, 3.05) is 0 Å². The van der Waals surface area contributed by atoms with Gasteiger partial charge in [0.1, 0.15) is 6.04 Å². The van der Waals surface area contributed by atoms with Gasteiger partial charge in [0.05, 0.1) is 0 Å². The number of carboxylic acids is 1. The van der Waals surface area contributed by atoms with Crippen LogP contribution in [0.2, 0.25) is 0 Å². The summed E-state index contributed by atoms with van der Waals surface area (Å²) in [5, 5.41) is 15.3. The number of carbonyl (C=O) groups excluding carboxylic acids is 1. The van der Waals surface area contributed by atoms with Crippen LogP contribution in [0, 0.1) is 0 Å². The number of hydrogen-bond acceptors (Lipinski definition) is 6. The molecule has 0 bridgehead atoms. The second kappa shape index (κ2) is 8.02. The number of carbonyl (C=O) groups is 2. The highest BCUT2D eigenvalue weighted by molar-refractivity contribution is 5.83. The molecule has 0 radical (unpaired) electrons. The first-order chi connectivity index (χ1) is 11.1. The molecular weight excluding hydrogens is 300 g/mol. The van der Waals surface area contributed by atoms with Crippen molar-refractivity contribution in [3.8, 4) is 11.4 Å². The molecule has 0 fully saturated rings. The average Bonchev–Trinajstić information content (AvgIpc) is 3.02. The number of carboxylic acid groups (broad SMARTS) is 1. The van der Waals surface area contributed by atoms with E-state index in [-0.39, 0.29) is 18.7 Å². The lowest BCUT2D eigenvalue weighted by Crippen LogP contribution is -2.40. The largest absolute Gasteiger partial charge is 0.480 e. The topological polar surface area (TPSA) is 118 Å². The third-order valence-electron chi connectivity index (χ3n) is 3.18. The van der Waals surface area contributed by atoms with E-state index in [0.29, 0.717) is 24.6 Å². The van der Waals surface area contributed by atoms with Crippen molar-refractivity contribution in [2.24, 2.45) is 0 Å². The molecule has 0 saturated heterocycles. The standard InChI is InChI=1S/C15H18N4O4/c1-2-3-11(15(21)22)17-12(20)4-5-13-18-14(19-23-13)10-6-8-16-9-7-10/h6-9,11H,2-5H2,1H3,(H,17,20)(H,21,22). The maximum Gasteiger partial charge on any atom is 0.326 e. The van der Waals surface area contributed by atoms with Gasteiger partial charge in [-0.1, -0.05) is 18.5 Å². The normalized spacial score (nSPS) is 11.9. The van der Waals surface area contributed by atoms with E-state index in [1.807, 2.05) is 6.92 Å². The summed E-state index contributed by atoms with van der Waals surface area (Å²) in [5.41, 5.74) is 0.772. The Labute approximate surface area is 132 Å². The zero-order valence-corrected chi connectivity index (χ0v) is 12.7. The fourth-order valence-corrected chi connectivity index (χ4v) is 2.01. The molecule has 2 heterocycles. The van der Waals surface area contributed by atoms with Crippen molar-refractivity contribution in [3.05, 3.63) is 30.4 Å². The van der Waals surface area contributed by atoms with Crippen LogP contribution < -0.4 is 5.32 Å². The summed E-state index contributed by atoms with van der Waals surface area (Å²) in [5.74, 6) is -0.626. The molecule has 2 aromatic heterocycles. The first-order valence-electron chi connectivity index (χ1n) is 7.35. The van der Waals surface area contributed by atoms with Gasteiger partial charge in [-0.2, -0.15) is 4.98 Å². The van der Waals surface area contributed by atoms with Crippen molar-refractivity contribution in [3.63, 3.8) is 0 Å². The molecular formula is C15H18N4O4. The van der Waals surface area contributed by atoms with Crippen LogP contribution in [-0.4, -0.2) is 38.1 Å². The minimum atomic E-state index is -1.03. The van der Waals surface area contributed by atoms with Gasteiger partial charge in [0.15, 0.2) is 0 Å². The SMILES string of the molecule is CCCC(NC(=O)CCc1nc(-c2ccncc2)no1)C(=O)O. The Balaban J connectivity index is 1.87. The molecule has 0 aliphatic rings. The third-order valence-corrected chi connectivity index (χ3v) is 3.18. The Bertz CT molecular complexity index is 657. The number of hydrogen-bond donors (Lipinski definition) is 2. The molecule has 0 aliphatic carbocycles. The van der Waals surface area contributed by atoms with Gasteiger partial charge in [-0.3, -0.25) is 9.78 Å². The summed E-state index contributed by atoms with van der Waals surface area (Å²) >= 11 is 0. The van der Waals surface area contributed by atoms with E-state index >= 15 is 0 Å². The van der Waals surface area contributed by atoms with Crippen molar-refractivity contribution in [2.45, 2.75) is 38.6 Å². The molecule has 1 unspecified atom stereocenters. The molecule has 2 rings (SSSR count). The smallest absolute Gasteiger partial charge is 0.326 e. The average molecular weight is 318 g/mol. The summed E-state index contributed by atoms with van der Waals surface area (Å²) < 4.78 is 5.09. The van der Waals surface area contributed by atoms with Crippen molar-refractivity contribution in [1.29, 1.82) is 0 Å². The number of aromatic nitrogens is 3. The van der Waals surface area contributed by atoms with Crippen LogP contribution in [0.5, 0.6) is 0 Å². The van der Waals surface area contributed by atoms with E-state index in [1.165, 1.54) is 0 Å². The molecule has 23 heavy (non-hydrogen) atoms. The zero-order chi connectivity index (χ0) is 16.7. The number of rotatable bonds is 8. The highest BCUT2D eigenvalue weighted by Crippen LogP contribution is 2.14. The maximum atomic E-state index is 11.8. The quantitative estimate of drug-likeness (QED) is 0.755. The molecule has 2 N–H and O–H groups in total. The number of pyridine rings is 1. The summed E-state index contributed by atoms with van der Waals surface area (Å²) in [7, 11) is 0. The highest BCUT2D eigenvalue weighted by atomic mass is 16.5. The number of nitrogens with zero attached hydrogens (tertiary/aromatic N) is 3. The van der Waals surface area contributed by atoms with Crippen molar-refractivity contribution >= 4 is 11.9 Å². The van der Waals surface area contributed by atoms with Gasteiger partial charge in [-0.25, -0.2) is 4.79 Å². The molecule has 1 amide bonds. The third kappa shape index (κ3) is 4.87. The molecule has 1 atom stereocenters. The van der Waals surface area contributed by atoms with Gasteiger partial charge < -0.3 is 14.9 Å². The van der Waals surface area contributed by atoms with Gasteiger partial charge in [0.25, 0.3) is 0 Å². The summed E-state index contributed by atoms with van der Waals surface area (Å²) in [6, 6.07) is 2.65. The Hall–Kier alpha value is -2.77. The second-order valence-electron chi connectivity index (χ2n) is 4.99. The number of nitrogens with one attached hydrogen (secondary N) is 1. The molecule has 8 heteroatoms. The number of aliphatic carboxylic acids is 1. The predicted molar refractivity (Wildman–Crippen MR) is 80.3 cm³/mol. The molecule has 0 aromatic carbocycles. The van der Waals surface area contributed by atoms with Gasteiger partial charge in [-0.05, 0) is 18.6 Å². The second-order valence-corrected chi connectivity index (χ2v) is 4.99. The van der Waals surface area contributed by atoms with Crippen LogP contribution in [0.25, 0.3) is 11.4 Å². The molecule has 8 nitrogen and oxygen atoms in total. The lowest BCUT2D eigenvalue weighted by molar-refractivity contribution is -0.142. The monoisotopic (exact) mass is 318 g/mol. The minimum Gasteiger partial charge on any atom is -0.480 e. The maximum absolute atomic E-state index is 11.8. The fourth-order valence-electron chi connectivity index (χ4n) is 2.01. The van der Waals surface area contributed by atoms with E-state index in [0.717, 1.165) is 5.56 Å². The lowest BCUT2D eigenvalue weighted by atomic mass is 10.1. The lowest BCUT2D eigenvalue weighted by Gasteiger charge is -2.12. The first kappa shape index (κ1) is 16.6. The Kier molecular flexibility index (Phi) is 5.79. The van der Waals surface area contributed by atoms with E-state index < -0.39 is 12.0 Å². The van der Waals surface area contributed by atoms with Gasteiger partial charge in [-0.15, -0.1) is 0 Å². The van der Waals surface area contributed by atoms with Crippen molar-refractivity contribution < 1.29 is 19.2 Å². The molecule has 0 saturated carbocycles. The highest BCUT2D eigenvalue weighted by Gasteiger charge is 2.19. The Morgan fingerprint density at radius 2 is 2.09 bits per heavy atom. The van der Waals surface area contributed by atoms with E-state index in [4.69, 9.17) is 9.63 Å². The molecule has 0 spiro atoms. The van der Waals surface area contributed by atoms with E-state index in [1.54, 1.807) is 24.5 Å². The number of amides is 1. The summed E-state index contributed by atoms with van der Waals surface area (Å²) in [4.78, 5) is 30.9. The zero-order valence-electron chi connectivity index (χ0n) is 12.7. The Morgan fingerprint density at radius 3 is 2.74 bits per heavy atom. The number of aryl methyl sites for hydroxylation is 1. The molecule has 122 valence electrons. The van der Waals surface area contributed by atoms with Crippen LogP contribution in [0.4, 0.5) is 0 Å². The van der Waals surface area contributed by atoms with Gasteiger partial charge in [0.2, 0.25) is 17.6 Å². The van der Waals surface area contributed by atoms with Crippen LogP contribution in [0.1, 0.15) is 32.1 Å². The van der Waals surface area contributed by atoms with Gasteiger partial charge >= 0.3 is 5.97 Å². The van der Waals surface area contributed by atoms with Crippen LogP contribution >= 0.6 is 0 Å². The van der Waals surface area contributed by atoms with Gasteiger partial charge in [0, 0.05) is 30.8 Å². The van der Waals surface area contributed by atoms with Crippen LogP contribution in [0.3, 0.4) is 0 Å². The Morgan fingerprint density at radius 1 is 1.35 bits per heavy atom. The summed E-state index contributed by atoms with van der Waals surface area (Å²) in [6.45, 7) is 1.86. The van der Waals surface area contributed by atoms with E-state index in [9.17, 15) is 9.59 Å². The predicted octanol–water partition coefficient (Wildman–Crippen LogP) is 1.43. The van der Waals surface area contributed by atoms with Crippen molar-refractivity contribution in [1.82, 2.24) is 20.4 Å². The van der Waals surface area contributed by atoms with Crippen LogP contribution in [-0.2, 0) is 16.0 Å². The molecule has 0 aliphatic heterocycles. The summed E-state index contributed by atoms with van der Waals surface area (Å²) in [6.07, 6.45) is 4.66. The van der Waals surface area contributed by atoms with Crippen LogP contribution in [0.15, 0.2) is 29.0 Å². The first-order valence-corrected chi connectivity index (χ1v) is 7.35. The fraction of sp³-hybridized carbons (Fsp3) is 0.400. The molecule has 2 aromatic rings. The van der Waals surface area contributed by atoms with E-state index in [2.05, 4.69) is 20.4 Å². The minimum absolute atomic E-state index is 0.0888.